The molecule has 2 heterocycles. The SMILES string of the molecule is COc1ccc(N(Cc2cccs2)C(=O)c2oc3cc(Br)ccc3c2C)cc1. The third-order valence-electron chi connectivity index (χ3n) is 4.62. The summed E-state index contributed by atoms with van der Waals surface area (Å²) >= 11 is 5.08. The van der Waals surface area contributed by atoms with E-state index in [4.69, 9.17) is 9.15 Å². The van der Waals surface area contributed by atoms with Crippen LogP contribution in [0.1, 0.15) is 21.0 Å². The lowest BCUT2D eigenvalue weighted by atomic mass is 10.1. The first-order valence-corrected chi connectivity index (χ1v) is 10.4. The molecule has 0 N–H and O–H groups in total. The number of nitrogens with zero attached hydrogens (tertiary/aromatic N) is 1. The average Bonchev–Trinajstić information content (AvgIpc) is 3.33. The lowest BCUT2D eigenvalue weighted by molar-refractivity contribution is 0.0960. The molecule has 0 fully saturated rings. The van der Waals surface area contributed by atoms with Crippen LogP contribution in [0.5, 0.6) is 5.75 Å². The zero-order valence-corrected chi connectivity index (χ0v) is 17.8. The number of anilines is 1. The van der Waals surface area contributed by atoms with Crippen LogP contribution >= 0.6 is 27.3 Å². The molecular weight excluding hydrogens is 438 g/mol. The lowest BCUT2D eigenvalue weighted by Crippen LogP contribution is -2.30. The number of rotatable bonds is 5. The number of hydrogen-bond donors (Lipinski definition) is 0. The lowest BCUT2D eigenvalue weighted by Gasteiger charge is -2.22. The van der Waals surface area contributed by atoms with E-state index in [2.05, 4.69) is 15.9 Å². The van der Waals surface area contributed by atoms with Crippen LogP contribution in [0.2, 0.25) is 0 Å². The molecule has 0 bridgehead atoms. The number of furan rings is 1. The largest absolute Gasteiger partial charge is 0.497 e. The van der Waals surface area contributed by atoms with Gasteiger partial charge >= 0.3 is 0 Å². The highest BCUT2D eigenvalue weighted by Crippen LogP contribution is 2.31. The molecule has 1 amide bonds. The van der Waals surface area contributed by atoms with Crippen LogP contribution in [0.4, 0.5) is 5.69 Å². The van der Waals surface area contributed by atoms with E-state index in [0.717, 1.165) is 31.7 Å². The maximum atomic E-state index is 13.5. The number of benzene rings is 2. The Balaban J connectivity index is 1.76. The quantitative estimate of drug-likeness (QED) is 0.348. The fraction of sp³-hybridized carbons (Fsp3) is 0.136. The van der Waals surface area contributed by atoms with Crippen molar-refractivity contribution in [1.29, 1.82) is 0 Å². The number of ether oxygens (including phenoxy) is 1. The molecular formula is C22H18BrNO3S. The minimum atomic E-state index is -0.164. The molecule has 4 rings (SSSR count). The number of methoxy groups -OCH3 is 1. The van der Waals surface area contributed by atoms with Crippen LogP contribution in [0, 0.1) is 6.92 Å². The Labute approximate surface area is 175 Å². The monoisotopic (exact) mass is 455 g/mol. The van der Waals surface area contributed by atoms with Crippen molar-refractivity contribution >= 4 is 49.8 Å². The molecule has 28 heavy (non-hydrogen) atoms. The predicted octanol–water partition coefficient (Wildman–Crippen LogP) is 6.42. The van der Waals surface area contributed by atoms with Gasteiger partial charge in [0.25, 0.3) is 5.91 Å². The summed E-state index contributed by atoms with van der Waals surface area (Å²) in [6, 6.07) is 17.3. The van der Waals surface area contributed by atoms with Gasteiger partial charge in [0.2, 0.25) is 0 Å². The second kappa shape index (κ2) is 7.81. The fourth-order valence-electron chi connectivity index (χ4n) is 3.13. The van der Waals surface area contributed by atoms with Crippen LogP contribution in [-0.4, -0.2) is 13.0 Å². The fourth-order valence-corrected chi connectivity index (χ4v) is 4.16. The highest BCUT2D eigenvalue weighted by molar-refractivity contribution is 9.10. The summed E-state index contributed by atoms with van der Waals surface area (Å²) in [5.74, 6) is 0.945. The molecule has 0 radical (unpaired) electrons. The van der Waals surface area contributed by atoms with Gasteiger partial charge in [-0.3, -0.25) is 4.79 Å². The average molecular weight is 456 g/mol. The van der Waals surface area contributed by atoms with Gasteiger partial charge in [-0.2, -0.15) is 0 Å². The first kappa shape index (κ1) is 18.8. The Bertz CT molecular complexity index is 1120. The van der Waals surface area contributed by atoms with Crippen LogP contribution in [0.3, 0.4) is 0 Å². The van der Waals surface area contributed by atoms with Crippen LogP contribution in [-0.2, 0) is 6.54 Å². The summed E-state index contributed by atoms with van der Waals surface area (Å²) < 4.78 is 12.1. The third kappa shape index (κ3) is 3.57. The molecule has 6 heteroatoms. The molecule has 4 aromatic rings. The van der Waals surface area contributed by atoms with Crippen molar-refractivity contribution in [3.05, 3.63) is 80.7 Å². The molecule has 2 aromatic heterocycles. The molecule has 0 aliphatic heterocycles. The summed E-state index contributed by atoms with van der Waals surface area (Å²) in [7, 11) is 1.62. The van der Waals surface area contributed by atoms with Gasteiger partial charge in [-0.1, -0.05) is 22.0 Å². The predicted molar refractivity (Wildman–Crippen MR) is 116 cm³/mol. The Morgan fingerprint density at radius 1 is 1.18 bits per heavy atom. The van der Waals surface area contributed by atoms with E-state index in [1.54, 1.807) is 23.3 Å². The number of fused-ring (bicyclic) bond motifs is 1. The molecule has 142 valence electrons. The third-order valence-corrected chi connectivity index (χ3v) is 5.97. The molecule has 4 nitrogen and oxygen atoms in total. The van der Waals surface area contributed by atoms with E-state index < -0.39 is 0 Å². The Morgan fingerprint density at radius 2 is 1.96 bits per heavy atom. The number of aryl methyl sites for hydroxylation is 1. The van der Waals surface area contributed by atoms with Crippen LogP contribution in [0.25, 0.3) is 11.0 Å². The minimum Gasteiger partial charge on any atom is -0.497 e. The van der Waals surface area contributed by atoms with Crippen molar-refractivity contribution in [1.82, 2.24) is 0 Å². The molecule has 0 atom stereocenters. The Hall–Kier alpha value is -2.57. The number of halogens is 1. The molecule has 0 aliphatic rings. The Morgan fingerprint density at radius 3 is 2.64 bits per heavy atom. The van der Waals surface area contributed by atoms with Crippen molar-refractivity contribution in [2.24, 2.45) is 0 Å². The van der Waals surface area contributed by atoms with Gasteiger partial charge in [-0.05, 0) is 60.8 Å². The molecule has 0 spiro atoms. The number of carbonyl (C=O) groups excluding carboxylic acids is 1. The van der Waals surface area contributed by atoms with Gasteiger partial charge in [0.15, 0.2) is 5.76 Å². The smallest absolute Gasteiger partial charge is 0.294 e. The number of carbonyl (C=O) groups is 1. The highest BCUT2D eigenvalue weighted by Gasteiger charge is 2.25. The molecule has 2 aromatic carbocycles. The standard InChI is InChI=1S/C22H18BrNO3S/c1-14-19-10-5-15(23)12-20(19)27-21(14)22(25)24(13-18-4-3-11-28-18)16-6-8-17(26-2)9-7-16/h3-12H,13H2,1-2H3. The first-order chi connectivity index (χ1) is 13.6. The zero-order valence-electron chi connectivity index (χ0n) is 15.4. The van der Waals surface area contributed by atoms with Crippen molar-refractivity contribution in [3.63, 3.8) is 0 Å². The summed E-state index contributed by atoms with van der Waals surface area (Å²) in [4.78, 5) is 16.3. The van der Waals surface area contributed by atoms with Crippen LogP contribution in [0.15, 0.2) is 68.9 Å². The van der Waals surface area contributed by atoms with Crippen molar-refractivity contribution in [3.8, 4) is 5.75 Å². The number of thiophene rings is 1. The van der Waals surface area contributed by atoms with E-state index in [0.29, 0.717) is 17.9 Å². The zero-order chi connectivity index (χ0) is 19.7. The van der Waals surface area contributed by atoms with E-state index in [1.165, 1.54) is 0 Å². The summed E-state index contributed by atoms with van der Waals surface area (Å²) in [5.41, 5.74) is 2.33. The van der Waals surface area contributed by atoms with E-state index in [-0.39, 0.29) is 5.91 Å². The number of amides is 1. The van der Waals surface area contributed by atoms with Gasteiger partial charge in [-0.15, -0.1) is 11.3 Å². The summed E-state index contributed by atoms with van der Waals surface area (Å²) in [6.45, 7) is 2.40. The van der Waals surface area contributed by atoms with E-state index in [1.807, 2.05) is 66.9 Å². The van der Waals surface area contributed by atoms with Gasteiger partial charge in [0.1, 0.15) is 11.3 Å². The van der Waals surface area contributed by atoms with E-state index in [9.17, 15) is 4.79 Å². The number of hydrogen-bond acceptors (Lipinski definition) is 4. The molecule has 0 saturated heterocycles. The Kier molecular flexibility index (Phi) is 5.24. The van der Waals surface area contributed by atoms with Gasteiger partial charge < -0.3 is 14.1 Å². The maximum absolute atomic E-state index is 13.5. The molecule has 0 aliphatic carbocycles. The second-order valence-corrected chi connectivity index (χ2v) is 8.31. The summed E-state index contributed by atoms with van der Waals surface area (Å²) in [6.07, 6.45) is 0. The van der Waals surface area contributed by atoms with Crippen molar-refractivity contribution < 1.29 is 13.9 Å². The van der Waals surface area contributed by atoms with Crippen molar-refractivity contribution in [2.45, 2.75) is 13.5 Å². The second-order valence-electron chi connectivity index (χ2n) is 6.37. The van der Waals surface area contributed by atoms with E-state index >= 15 is 0 Å². The van der Waals surface area contributed by atoms with Gasteiger partial charge in [-0.25, -0.2) is 0 Å². The summed E-state index contributed by atoms with van der Waals surface area (Å²) in [5, 5.41) is 2.95. The van der Waals surface area contributed by atoms with Gasteiger partial charge in [0.05, 0.1) is 13.7 Å². The van der Waals surface area contributed by atoms with Gasteiger partial charge in [0, 0.05) is 26.0 Å². The maximum Gasteiger partial charge on any atom is 0.294 e. The van der Waals surface area contributed by atoms with Crippen LogP contribution < -0.4 is 9.64 Å². The molecule has 0 unspecified atom stereocenters. The highest BCUT2D eigenvalue weighted by atomic mass is 79.9. The molecule has 0 saturated carbocycles. The normalized spacial score (nSPS) is 11.0. The van der Waals surface area contributed by atoms with Crippen molar-refractivity contribution in [2.75, 3.05) is 12.0 Å². The first-order valence-electron chi connectivity index (χ1n) is 8.74. The minimum absolute atomic E-state index is 0.164. The topological polar surface area (TPSA) is 42.7 Å².